The van der Waals surface area contributed by atoms with Crippen molar-refractivity contribution in [1.82, 2.24) is 40.4 Å². The van der Waals surface area contributed by atoms with Crippen molar-refractivity contribution >= 4 is 45.8 Å². The first-order valence-electron chi connectivity index (χ1n) is 18.7. The molecule has 2 saturated heterocycles. The molecule has 0 bridgehead atoms. The largest absolute Gasteiger partial charge is 0.453 e. The van der Waals surface area contributed by atoms with Crippen molar-refractivity contribution in [2.24, 2.45) is 0 Å². The number of alkyl carbamates (subject to hydrolysis) is 2. The second-order valence-corrected chi connectivity index (χ2v) is 14.4. The van der Waals surface area contributed by atoms with Gasteiger partial charge in [0, 0.05) is 18.7 Å². The highest BCUT2D eigenvalue weighted by Gasteiger charge is 2.39. The van der Waals surface area contributed by atoms with Crippen LogP contribution in [-0.4, -0.2) is 116 Å². The van der Waals surface area contributed by atoms with E-state index in [0.29, 0.717) is 37.6 Å². The van der Waals surface area contributed by atoms with E-state index in [4.69, 9.17) is 4.98 Å². The molecule has 6 N–H and O–H groups in total. The predicted molar refractivity (Wildman–Crippen MR) is 206 cm³/mol. The van der Waals surface area contributed by atoms with Crippen LogP contribution in [0.3, 0.4) is 0 Å². The summed E-state index contributed by atoms with van der Waals surface area (Å²) < 4.78 is 9.30. The number of nitrogens with zero attached hydrogens (tertiary/aromatic N) is 4. The third-order valence-electron chi connectivity index (χ3n) is 10.7. The fourth-order valence-corrected chi connectivity index (χ4v) is 7.75. The zero-order valence-electron chi connectivity index (χ0n) is 31.6. The number of fused-ring (bicyclic) bond motifs is 2. The van der Waals surface area contributed by atoms with E-state index < -0.39 is 48.3 Å². The van der Waals surface area contributed by atoms with Crippen LogP contribution in [0.5, 0.6) is 0 Å². The monoisotopic (exact) mass is 766 g/mol. The maximum Gasteiger partial charge on any atom is 0.407 e. The number of benzene rings is 3. The van der Waals surface area contributed by atoms with Crippen LogP contribution in [0.15, 0.2) is 60.8 Å². The molecule has 0 aliphatic carbocycles. The number of carbonyl (C=O) groups excluding carboxylic acids is 4. The lowest BCUT2D eigenvalue weighted by Crippen LogP contribution is -2.53. The van der Waals surface area contributed by atoms with Gasteiger partial charge in [0.2, 0.25) is 11.8 Å². The Labute approximate surface area is 322 Å². The molecule has 2 fully saturated rings. The minimum absolute atomic E-state index is 0.333. The minimum Gasteiger partial charge on any atom is -0.453 e. The van der Waals surface area contributed by atoms with Crippen LogP contribution in [0, 0.1) is 0 Å². The van der Waals surface area contributed by atoms with Crippen LogP contribution < -0.4 is 10.6 Å². The van der Waals surface area contributed by atoms with Gasteiger partial charge < -0.3 is 50.1 Å². The molecule has 56 heavy (non-hydrogen) atoms. The fourth-order valence-electron chi connectivity index (χ4n) is 7.75. The molecule has 2 aliphatic heterocycles. The molecule has 7 rings (SSSR count). The summed E-state index contributed by atoms with van der Waals surface area (Å²) in [5, 5.41) is 27.5. The van der Waals surface area contributed by atoms with E-state index in [2.05, 4.69) is 65.4 Å². The summed E-state index contributed by atoms with van der Waals surface area (Å²) in [5.41, 5.74) is 5.32. The number of aliphatic hydroxyl groups is 2. The number of methoxy groups -OCH3 is 2. The van der Waals surface area contributed by atoms with E-state index in [9.17, 15) is 29.4 Å². The molecule has 294 valence electrons. The molecule has 2 aromatic heterocycles. The number of aromatic amines is 2. The highest BCUT2D eigenvalue weighted by atomic mass is 16.5. The molecule has 16 nitrogen and oxygen atoms in total. The molecule has 16 heteroatoms. The normalized spacial score (nSPS) is 19.1. The van der Waals surface area contributed by atoms with Crippen molar-refractivity contribution in [2.45, 2.75) is 75.9 Å². The number of rotatable bonds is 10. The van der Waals surface area contributed by atoms with Gasteiger partial charge in [0.15, 0.2) is 0 Å². The van der Waals surface area contributed by atoms with Gasteiger partial charge in [0.25, 0.3) is 0 Å². The fraction of sp³-hybridized carbons (Fsp3) is 0.400. The lowest BCUT2D eigenvalue weighted by Gasteiger charge is -2.29. The summed E-state index contributed by atoms with van der Waals surface area (Å²) >= 11 is 0. The van der Waals surface area contributed by atoms with Gasteiger partial charge in [0.1, 0.15) is 23.7 Å². The molecule has 0 saturated carbocycles. The van der Waals surface area contributed by atoms with Crippen LogP contribution in [0.1, 0.15) is 63.3 Å². The lowest BCUT2D eigenvalue weighted by atomic mass is 9.99. The number of amides is 4. The summed E-state index contributed by atoms with van der Waals surface area (Å²) in [5.74, 6) is 0.481. The number of likely N-dealkylation sites (tertiary alicyclic amines) is 2. The van der Waals surface area contributed by atoms with E-state index in [1.165, 1.54) is 28.1 Å². The first kappa shape index (κ1) is 38.3. The topological polar surface area (TPSA) is 215 Å². The highest BCUT2D eigenvalue weighted by molar-refractivity contribution is 5.92. The number of H-pyrrole nitrogens is 2. The Kier molecular flexibility index (Phi) is 10.9. The Balaban J connectivity index is 1.07. The number of nitrogens with one attached hydrogen (secondary N) is 4. The number of hydrogen-bond acceptors (Lipinski definition) is 10. The van der Waals surface area contributed by atoms with Gasteiger partial charge in [-0.15, -0.1) is 0 Å². The second-order valence-electron chi connectivity index (χ2n) is 14.4. The van der Waals surface area contributed by atoms with Crippen LogP contribution in [-0.2, 0) is 19.1 Å². The van der Waals surface area contributed by atoms with Crippen LogP contribution in [0.4, 0.5) is 9.59 Å². The van der Waals surface area contributed by atoms with Crippen molar-refractivity contribution in [3.05, 3.63) is 72.4 Å². The lowest BCUT2D eigenvalue weighted by molar-refractivity contribution is -0.137. The molecular weight excluding hydrogens is 720 g/mol. The minimum atomic E-state index is -1.14. The van der Waals surface area contributed by atoms with E-state index in [1.54, 1.807) is 16.0 Å². The van der Waals surface area contributed by atoms with Gasteiger partial charge in [-0.3, -0.25) is 9.59 Å². The molecule has 5 aromatic rings. The number of aliphatic hydroxyl groups excluding tert-OH is 2. The van der Waals surface area contributed by atoms with Gasteiger partial charge in [-0.2, -0.15) is 0 Å². The summed E-state index contributed by atoms with van der Waals surface area (Å²) in [6.45, 7) is 3.85. The summed E-state index contributed by atoms with van der Waals surface area (Å²) in [4.78, 5) is 70.2. The molecular formula is C40H46N8O8. The Morgan fingerprint density at radius 1 is 0.732 bits per heavy atom. The SMILES string of the molecule is COC(=O)N[C@@H](C(=O)N1CCC[C@@H]1c1ncc(-c2ccc3cc(-c4ccc5nc([C@H]6CCCN6C(=O)[C@H](NC(=O)OC)[C@H](C)O)[nH]c5c4)ccc3c2)[nH]1)[C@H](C)O. The first-order valence-corrected chi connectivity index (χ1v) is 18.7. The first-order chi connectivity index (χ1) is 26.9. The Hall–Kier alpha value is -6.00. The molecule has 0 unspecified atom stereocenters. The Bertz CT molecular complexity index is 2270. The Morgan fingerprint density at radius 2 is 1.25 bits per heavy atom. The maximum absolute atomic E-state index is 13.5. The van der Waals surface area contributed by atoms with Crippen molar-refractivity contribution in [3.8, 4) is 22.4 Å². The summed E-state index contributed by atoms with van der Waals surface area (Å²) in [6.07, 6.45) is 0.836. The molecule has 4 amide bonds. The molecule has 2 aliphatic rings. The summed E-state index contributed by atoms with van der Waals surface area (Å²) in [6, 6.07) is 15.5. The van der Waals surface area contributed by atoms with Gasteiger partial charge >= 0.3 is 12.2 Å². The number of carbonyl (C=O) groups is 4. The molecule has 0 radical (unpaired) electrons. The van der Waals surface area contributed by atoms with Gasteiger partial charge in [-0.05, 0) is 85.7 Å². The van der Waals surface area contributed by atoms with E-state index in [0.717, 1.165) is 57.0 Å². The molecule has 6 atom stereocenters. The number of hydrogen-bond donors (Lipinski definition) is 6. The molecule has 3 aromatic carbocycles. The second kappa shape index (κ2) is 16.0. The molecule has 4 heterocycles. The van der Waals surface area contributed by atoms with Crippen molar-refractivity contribution < 1.29 is 38.9 Å². The van der Waals surface area contributed by atoms with Gasteiger partial charge in [-0.1, -0.05) is 30.3 Å². The average Bonchev–Trinajstić information content (AvgIpc) is 4.03. The zero-order valence-corrected chi connectivity index (χ0v) is 31.6. The third kappa shape index (κ3) is 7.62. The molecule has 0 spiro atoms. The number of imidazole rings is 2. The average molecular weight is 767 g/mol. The smallest absolute Gasteiger partial charge is 0.407 e. The highest BCUT2D eigenvalue weighted by Crippen LogP contribution is 2.35. The Morgan fingerprint density at radius 3 is 1.82 bits per heavy atom. The van der Waals surface area contributed by atoms with Crippen LogP contribution >= 0.6 is 0 Å². The van der Waals surface area contributed by atoms with E-state index >= 15 is 0 Å². The van der Waals surface area contributed by atoms with Crippen LogP contribution in [0.25, 0.3) is 44.2 Å². The van der Waals surface area contributed by atoms with Crippen molar-refractivity contribution in [3.63, 3.8) is 0 Å². The van der Waals surface area contributed by atoms with E-state index in [1.807, 2.05) is 24.3 Å². The number of ether oxygens (including phenoxy) is 2. The van der Waals surface area contributed by atoms with E-state index in [-0.39, 0.29) is 12.1 Å². The third-order valence-corrected chi connectivity index (χ3v) is 10.7. The zero-order chi connectivity index (χ0) is 39.7. The number of aromatic nitrogens is 4. The maximum atomic E-state index is 13.5. The van der Waals surface area contributed by atoms with Gasteiger partial charge in [-0.25, -0.2) is 19.6 Å². The quantitative estimate of drug-likeness (QED) is 0.118. The predicted octanol–water partition coefficient (Wildman–Crippen LogP) is 4.31. The van der Waals surface area contributed by atoms with Crippen molar-refractivity contribution in [2.75, 3.05) is 27.3 Å². The summed E-state index contributed by atoms with van der Waals surface area (Å²) in [7, 11) is 2.41. The van der Waals surface area contributed by atoms with Gasteiger partial charge in [0.05, 0.1) is 61.4 Å². The standard InChI is InChI=1S/C40H46N8O8/c1-21(49)33(45-39(53)55-3)37(51)47-15-5-7-31(47)35-41-20-30(44-35)27-12-11-23-17-24(9-10-25(23)18-27)26-13-14-28-29(19-26)43-36(42-28)32-8-6-16-48(32)38(52)34(22(2)50)46-40(54)56-4/h9-14,17-22,31-34,49-50H,5-8,15-16H2,1-4H3,(H,41,44)(H,42,43)(H,45,53)(H,46,54)/t21-,22-,31+,32+,33+,34+/m0/s1. The van der Waals surface area contributed by atoms with Crippen LogP contribution in [0.2, 0.25) is 0 Å². The van der Waals surface area contributed by atoms with Crippen molar-refractivity contribution in [1.29, 1.82) is 0 Å².